The van der Waals surface area contributed by atoms with Gasteiger partial charge in [-0.2, -0.15) is 0 Å². The number of halogens is 3. The highest BCUT2D eigenvalue weighted by Gasteiger charge is 2.10. The van der Waals surface area contributed by atoms with Crippen LogP contribution in [0.15, 0.2) is 185 Å². The number of fused-ring (bicyclic) bond motifs is 6. The molecule has 0 radical (unpaired) electrons. The zero-order valence-electron chi connectivity index (χ0n) is 29.7. The molecule has 0 atom stereocenters. The Hall–Kier alpha value is -4.71. The van der Waals surface area contributed by atoms with Crippen LogP contribution in [0, 0.1) is 0 Å². The molecule has 0 aliphatic heterocycles. The fourth-order valence-electron chi connectivity index (χ4n) is 6.48. The third-order valence-electron chi connectivity index (χ3n) is 9.10. The molecule has 4 N–H and O–H groups in total. The van der Waals surface area contributed by atoms with Gasteiger partial charge in [0, 0.05) is 19.7 Å². The summed E-state index contributed by atoms with van der Waals surface area (Å²) in [5.74, 6) is 0.632. The van der Waals surface area contributed by atoms with E-state index in [9.17, 15) is 10.2 Å². The first-order valence-corrected chi connectivity index (χ1v) is 21.1. The molecular formula is C47H36BBr2IO4. The van der Waals surface area contributed by atoms with Crippen molar-refractivity contribution in [3.8, 4) is 33.8 Å². The maximum absolute atomic E-state index is 10.7. The summed E-state index contributed by atoms with van der Waals surface area (Å²) in [5.41, 5.74) is 5.12. The first-order chi connectivity index (χ1) is 26.7. The van der Waals surface area contributed by atoms with Crippen molar-refractivity contribution in [3.05, 3.63) is 185 Å². The first kappa shape index (κ1) is 40.0. The smallest absolute Gasteiger partial charge is 0.488 e. The van der Waals surface area contributed by atoms with Crippen LogP contribution in [0.3, 0.4) is 0 Å². The van der Waals surface area contributed by atoms with E-state index in [0.717, 1.165) is 68.7 Å². The van der Waals surface area contributed by atoms with Gasteiger partial charge < -0.3 is 20.3 Å². The molecule has 9 aromatic carbocycles. The van der Waals surface area contributed by atoms with Crippen LogP contribution in [0.2, 0.25) is 0 Å². The molecule has 0 unspecified atom stereocenters. The minimum Gasteiger partial charge on any atom is -0.507 e. The zero-order valence-corrected chi connectivity index (χ0v) is 35.1. The fraction of sp³-hybridized carbons (Fsp3) is 0.0213. The SMILES string of the molecule is CI.OB(O)c1ccccc1.Oc1cc2cc(-c3ccccc3)ccc2c2ccc(-c3ccccc3)cc12.Oc1cc2cc(Br)ccc2c2ccc(Br)cc12. The molecular weight excluding hydrogens is 926 g/mol. The van der Waals surface area contributed by atoms with Gasteiger partial charge in [-0.15, -0.1) is 0 Å². The lowest BCUT2D eigenvalue weighted by molar-refractivity contribution is 0.426. The van der Waals surface area contributed by atoms with Gasteiger partial charge in [-0.05, 0) is 113 Å². The summed E-state index contributed by atoms with van der Waals surface area (Å²) in [6, 6.07) is 57.7. The Bertz CT molecular complexity index is 2690. The number of aromatic hydroxyl groups is 2. The lowest BCUT2D eigenvalue weighted by Crippen LogP contribution is -2.29. The van der Waals surface area contributed by atoms with Gasteiger partial charge in [0.05, 0.1) is 0 Å². The molecule has 0 bridgehead atoms. The molecule has 9 rings (SSSR count). The summed E-state index contributed by atoms with van der Waals surface area (Å²) >= 11 is 9.02. The Balaban J connectivity index is 0.000000156. The number of hydrogen-bond donors (Lipinski definition) is 4. The van der Waals surface area contributed by atoms with Crippen molar-refractivity contribution in [2.75, 3.05) is 4.93 Å². The maximum atomic E-state index is 10.7. The van der Waals surface area contributed by atoms with E-state index in [1.54, 1.807) is 30.3 Å². The molecule has 0 spiro atoms. The van der Waals surface area contributed by atoms with Gasteiger partial charge in [0.1, 0.15) is 11.5 Å². The van der Waals surface area contributed by atoms with Gasteiger partial charge in [0.25, 0.3) is 0 Å². The van der Waals surface area contributed by atoms with E-state index in [-0.39, 0.29) is 0 Å². The van der Waals surface area contributed by atoms with E-state index in [2.05, 4.69) is 121 Å². The van der Waals surface area contributed by atoms with Crippen molar-refractivity contribution in [2.24, 2.45) is 0 Å². The van der Waals surface area contributed by atoms with E-state index in [1.165, 1.54) is 5.56 Å². The summed E-state index contributed by atoms with van der Waals surface area (Å²) in [6.07, 6.45) is 0. The minimum absolute atomic E-state index is 0.312. The van der Waals surface area contributed by atoms with Crippen LogP contribution < -0.4 is 5.46 Å². The lowest BCUT2D eigenvalue weighted by atomic mass is 9.81. The second-order valence-corrected chi connectivity index (χ2v) is 14.4. The molecule has 0 aliphatic carbocycles. The summed E-state index contributed by atoms with van der Waals surface area (Å²) in [4.78, 5) is 1.97. The maximum Gasteiger partial charge on any atom is 0.488 e. The van der Waals surface area contributed by atoms with Gasteiger partial charge >= 0.3 is 7.12 Å². The van der Waals surface area contributed by atoms with Crippen LogP contribution in [0.25, 0.3) is 65.3 Å². The molecule has 0 saturated heterocycles. The van der Waals surface area contributed by atoms with Crippen molar-refractivity contribution in [2.45, 2.75) is 0 Å². The molecule has 0 aromatic heterocycles. The largest absolute Gasteiger partial charge is 0.507 e. The summed E-state index contributed by atoms with van der Waals surface area (Å²) in [5, 5.41) is 46.2. The summed E-state index contributed by atoms with van der Waals surface area (Å²) < 4.78 is 1.98. The average molecular weight is 962 g/mol. The van der Waals surface area contributed by atoms with Crippen LogP contribution in [0.1, 0.15) is 0 Å². The highest BCUT2D eigenvalue weighted by Crippen LogP contribution is 2.38. The van der Waals surface area contributed by atoms with Crippen molar-refractivity contribution >= 4 is 110 Å². The van der Waals surface area contributed by atoms with Crippen molar-refractivity contribution in [1.29, 1.82) is 0 Å². The third kappa shape index (κ3) is 9.58. The standard InChI is InChI=1S/C26H18O.C14H8Br2O.C6H7BO2.CH3I/c27-26-17-22-15-20(18-7-3-1-4-8-18)11-13-23(22)24-14-12-21(16-25(24)26)19-9-5-2-6-10-19;15-9-1-3-11-8(5-9)6-14(17)13-7-10(16)2-4-12(11)13;8-7(9)6-4-2-1-3-5-6;1-2/h1-17,27H;1-7,17H;1-5,8-9H;1H3. The van der Waals surface area contributed by atoms with E-state index >= 15 is 0 Å². The lowest BCUT2D eigenvalue weighted by Gasteiger charge is -2.11. The third-order valence-corrected chi connectivity index (χ3v) is 10.1. The molecule has 0 fully saturated rings. The van der Waals surface area contributed by atoms with Gasteiger partial charge in [0.2, 0.25) is 0 Å². The molecule has 0 aliphatic rings. The van der Waals surface area contributed by atoms with Crippen LogP contribution >= 0.6 is 54.5 Å². The topological polar surface area (TPSA) is 80.9 Å². The Morgan fingerprint density at radius 2 is 0.782 bits per heavy atom. The van der Waals surface area contributed by atoms with Crippen molar-refractivity contribution < 1.29 is 20.3 Å². The van der Waals surface area contributed by atoms with Crippen LogP contribution in [0.5, 0.6) is 11.5 Å². The Morgan fingerprint density at radius 3 is 1.29 bits per heavy atom. The molecule has 4 nitrogen and oxygen atoms in total. The second kappa shape index (κ2) is 18.8. The Kier molecular flexibility index (Phi) is 13.6. The average Bonchev–Trinajstić information content (AvgIpc) is 3.23. The fourth-order valence-corrected chi connectivity index (χ4v) is 7.22. The minimum atomic E-state index is -1.34. The molecule has 9 aromatic rings. The number of phenolic OH excluding ortho intramolecular Hbond substituents is 2. The molecule has 272 valence electrons. The number of alkyl halides is 1. The quantitative estimate of drug-likeness (QED) is 0.0616. The van der Waals surface area contributed by atoms with Crippen LogP contribution in [0.4, 0.5) is 0 Å². The molecule has 0 saturated carbocycles. The van der Waals surface area contributed by atoms with E-state index in [4.69, 9.17) is 10.0 Å². The summed E-state index contributed by atoms with van der Waals surface area (Å²) in [6.45, 7) is 0. The molecule has 55 heavy (non-hydrogen) atoms. The molecule has 0 heterocycles. The van der Waals surface area contributed by atoms with E-state index in [0.29, 0.717) is 17.0 Å². The van der Waals surface area contributed by atoms with Crippen LogP contribution in [-0.4, -0.2) is 32.3 Å². The van der Waals surface area contributed by atoms with E-state index < -0.39 is 7.12 Å². The Morgan fingerprint density at radius 1 is 0.382 bits per heavy atom. The number of rotatable bonds is 3. The highest BCUT2D eigenvalue weighted by molar-refractivity contribution is 14.1. The van der Waals surface area contributed by atoms with Gasteiger partial charge in [-0.3, -0.25) is 0 Å². The number of phenols is 2. The molecule has 0 amide bonds. The first-order valence-electron chi connectivity index (χ1n) is 17.3. The highest BCUT2D eigenvalue weighted by atomic mass is 127. The van der Waals surface area contributed by atoms with E-state index in [1.807, 2.05) is 83.8 Å². The monoisotopic (exact) mass is 960 g/mol. The van der Waals surface area contributed by atoms with Crippen LogP contribution in [-0.2, 0) is 0 Å². The predicted octanol–water partition coefficient (Wildman–Crippen LogP) is 12.7. The molecule has 8 heteroatoms. The number of hydrogen-bond acceptors (Lipinski definition) is 4. The predicted molar refractivity (Wildman–Crippen MR) is 249 cm³/mol. The van der Waals surface area contributed by atoms with Gasteiger partial charge in [0.15, 0.2) is 0 Å². The van der Waals surface area contributed by atoms with Crippen molar-refractivity contribution in [3.63, 3.8) is 0 Å². The summed E-state index contributed by atoms with van der Waals surface area (Å²) in [7, 11) is -1.34. The zero-order chi connectivity index (χ0) is 38.9. The number of benzene rings is 9. The second-order valence-electron chi connectivity index (χ2n) is 12.6. The van der Waals surface area contributed by atoms with Gasteiger partial charge in [-0.1, -0.05) is 182 Å². The normalized spacial score (nSPS) is 10.5. The van der Waals surface area contributed by atoms with Gasteiger partial charge in [-0.25, -0.2) is 0 Å². The Labute approximate surface area is 351 Å². The van der Waals surface area contributed by atoms with Crippen molar-refractivity contribution in [1.82, 2.24) is 0 Å².